The Hall–Kier alpha value is -0.610. The molecule has 4 nitrogen and oxygen atoms in total. The molecule has 1 amide bonds. The summed E-state index contributed by atoms with van der Waals surface area (Å²) < 4.78 is 5.34. The van der Waals surface area contributed by atoms with Gasteiger partial charge in [0, 0.05) is 32.1 Å². The van der Waals surface area contributed by atoms with Crippen LogP contribution in [0.25, 0.3) is 0 Å². The normalized spacial score (nSPS) is 38.6. The highest BCUT2D eigenvalue weighted by molar-refractivity contribution is 5.76. The first kappa shape index (κ1) is 15.3. The summed E-state index contributed by atoms with van der Waals surface area (Å²) in [4.78, 5) is 14.6. The van der Waals surface area contributed by atoms with E-state index in [2.05, 4.69) is 31.0 Å². The van der Waals surface area contributed by atoms with Crippen LogP contribution in [0, 0.1) is 16.7 Å². The predicted molar refractivity (Wildman–Crippen MR) is 83.0 cm³/mol. The number of carbonyl (C=O) groups is 1. The first-order valence-corrected chi connectivity index (χ1v) is 8.53. The molecule has 0 aromatic carbocycles. The molecule has 0 aromatic heterocycles. The number of rotatable bonds is 4. The molecule has 0 radical (unpaired) electrons. The molecule has 120 valence electrons. The summed E-state index contributed by atoms with van der Waals surface area (Å²) in [6.07, 6.45) is 4.40. The standard InChI is InChI=1S/C17H30N2O2/c1-16(2)13-4-6-17(16,3)14(12-13)18-15(20)5-7-19-8-10-21-11-9-19/h13-14H,4-12H2,1-3H3,(H,18,20)/t13-,14-,17+/m1/s1. The molecule has 3 aliphatic rings. The molecule has 2 aliphatic carbocycles. The van der Waals surface area contributed by atoms with E-state index in [1.54, 1.807) is 0 Å². The minimum Gasteiger partial charge on any atom is -0.379 e. The number of amides is 1. The molecule has 0 unspecified atom stereocenters. The number of ether oxygens (including phenoxy) is 1. The molecule has 2 bridgehead atoms. The Morgan fingerprint density at radius 1 is 1.29 bits per heavy atom. The van der Waals surface area contributed by atoms with Crippen molar-refractivity contribution in [2.75, 3.05) is 32.8 Å². The molecule has 1 saturated heterocycles. The van der Waals surface area contributed by atoms with E-state index in [0.29, 0.717) is 17.9 Å². The fourth-order valence-electron chi connectivity index (χ4n) is 4.77. The third kappa shape index (κ3) is 2.61. The smallest absolute Gasteiger partial charge is 0.221 e. The lowest BCUT2D eigenvalue weighted by Gasteiger charge is -2.39. The topological polar surface area (TPSA) is 41.6 Å². The van der Waals surface area contributed by atoms with E-state index in [1.807, 2.05) is 0 Å². The molecular weight excluding hydrogens is 264 g/mol. The molecule has 4 heteroatoms. The van der Waals surface area contributed by atoms with Crippen LogP contribution >= 0.6 is 0 Å². The van der Waals surface area contributed by atoms with Crippen molar-refractivity contribution in [1.29, 1.82) is 0 Å². The Labute approximate surface area is 128 Å². The first-order valence-electron chi connectivity index (χ1n) is 8.53. The summed E-state index contributed by atoms with van der Waals surface area (Å²) in [6.45, 7) is 11.6. The Kier molecular flexibility index (Phi) is 4.04. The molecular formula is C17H30N2O2. The van der Waals surface area contributed by atoms with Crippen molar-refractivity contribution in [2.45, 2.75) is 52.5 Å². The number of nitrogens with zero attached hydrogens (tertiary/aromatic N) is 1. The second-order valence-electron chi connectivity index (χ2n) is 7.93. The molecule has 21 heavy (non-hydrogen) atoms. The van der Waals surface area contributed by atoms with E-state index in [4.69, 9.17) is 4.74 Å². The minimum atomic E-state index is 0.232. The second-order valence-corrected chi connectivity index (χ2v) is 7.93. The molecule has 0 spiro atoms. The van der Waals surface area contributed by atoms with Gasteiger partial charge in [-0.25, -0.2) is 0 Å². The maximum Gasteiger partial charge on any atom is 0.221 e. The lowest BCUT2D eigenvalue weighted by molar-refractivity contribution is -0.123. The monoisotopic (exact) mass is 294 g/mol. The van der Waals surface area contributed by atoms with Gasteiger partial charge in [-0.1, -0.05) is 20.8 Å². The van der Waals surface area contributed by atoms with Crippen LogP contribution in [0.4, 0.5) is 0 Å². The Balaban J connectivity index is 1.49. The van der Waals surface area contributed by atoms with Gasteiger partial charge in [-0.3, -0.25) is 9.69 Å². The third-order valence-electron chi connectivity index (χ3n) is 6.89. The Bertz CT molecular complexity index is 404. The molecule has 3 atom stereocenters. The summed E-state index contributed by atoms with van der Waals surface area (Å²) in [5.74, 6) is 1.02. The van der Waals surface area contributed by atoms with Gasteiger partial charge in [0.1, 0.15) is 0 Å². The van der Waals surface area contributed by atoms with E-state index >= 15 is 0 Å². The van der Waals surface area contributed by atoms with Crippen LogP contribution in [0.15, 0.2) is 0 Å². The maximum absolute atomic E-state index is 12.3. The molecule has 3 rings (SSSR count). The Morgan fingerprint density at radius 3 is 2.57 bits per heavy atom. The van der Waals surface area contributed by atoms with Crippen molar-refractivity contribution >= 4 is 5.91 Å². The average molecular weight is 294 g/mol. The summed E-state index contributed by atoms with van der Waals surface area (Å²) in [6, 6.07) is 0.378. The van der Waals surface area contributed by atoms with Gasteiger partial charge in [0.2, 0.25) is 5.91 Å². The van der Waals surface area contributed by atoms with Crippen LogP contribution < -0.4 is 5.32 Å². The predicted octanol–water partition coefficient (Wildman–Crippen LogP) is 2.04. The number of nitrogens with one attached hydrogen (secondary N) is 1. The van der Waals surface area contributed by atoms with Gasteiger partial charge in [0.15, 0.2) is 0 Å². The largest absolute Gasteiger partial charge is 0.379 e. The Morgan fingerprint density at radius 2 is 2.00 bits per heavy atom. The minimum absolute atomic E-state index is 0.232. The van der Waals surface area contributed by atoms with Gasteiger partial charge in [-0.05, 0) is 36.0 Å². The highest BCUT2D eigenvalue weighted by atomic mass is 16.5. The van der Waals surface area contributed by atoms with Crippen molar-refractivity contribution < 1.29 is 9.53 Å². The van der Waals surface area contributed by atoms with Gasteiger partial charge in [0.25, 0.3) is 0 Å². The van der Waals surface area contributed by atoms with Crippen LogP contribution in [0.1, 0.15) is 46.5 Å². The van der Waals surface area contributed by atoms with Crippen LogP contribution in [0.2, 0.25) is 0 Å². The lowest BCUT2D eigenvalue weighted by atomic mass is 9.69. The SMILES string of the molecule is CC1(C)[C@@H]2CC[C@@]1(C)[C@H](NC(=O)CCN1CCOCC1)C2. The van der Waals surface area contributed by atoms with Crippen molar-refractivity contribution in [2.24, 2.45) is 16.7 Å². The second kappa shape index (κ2) is 5.54. The number of fused-ring (bicyclic) bond motifs is 2. The summed E-state index contributed by atoms with van der Waals surface area (Å²) >= 11 is 0. The van der Waals surface area contributed by atoms with Gasteiger partial charge < -0.3 is 10.1 Å². The maximum atomic E-state index is 12.3. The van der Waals surface area contributed by atoms with Crippen molar-refractivity contribution in [3.8, 4) is 0 Å². The zero-order valence-corrected chi connectivity index (χ0v) is 13.8. The highest BCUT2D eigenvalue weighted by Gasteiger charge is 2.61. The number of hydrogen-bond donors (Lipinski definition) is 1. The average Bonchev–Trinajstić information content (AvgIpc) is 2.79. The van der Waals surface area contributed by atoms with Crippen molar-refractivity contribution in [1.82, 2.24) is 10.2 Å². The number of morpholine rings is 1. The van der Waals surface area contributed by atoms with E-state index in [1.165, 1.54) is 19.3 Å². The van der Waals surface area contributed by atoms with Crippen molar-refractivity contribution in [3.05, 3.63) is 0 Å². The molecule has 0 aromatic rings. The van der Waals surface area contributed by atoms with E-state index in [-0.39, 0.29) is 11.3 Å². The van der Waals surface area contributed by atoms with E-state index < -0.39 is 0 Å². The summed E-state index contributed by atoms with van der Waals surface area (Å²) in [5, 5.41) is 3.35. The lowest BCUT2D eigenvalue weighted by Crippen LogP contribution is -2.47. The number of hydrogen-bond acceptors (Lipinski definition) is 3. The third-order valence-corrected chi connectivity index (χ3v) is 6.89. The van der Waals surface area contributed by atoms with Gasteiger partial charge in [-0.15, -0.1) is 0 Å². The van der Waals surface area contributed by atoms with Crippen LogP contribution in [-0.4, -0.2) is 49.7 Å². The summed E-state index contributed by atoms with van der Waals surface area (Å²) in [5.41, 5.74) is 0.654. The van der Waals surface area contributed by atoms with Gasteiger partial charge in [-0.2, -0.15) is 0 Å². The fraction of sp³-hybridized carbons (Fsp3) is 0.941. The quantitative estimate of drug-likeness (QED) is 0.863. The number of carbonyl (C=O) groups excluding carboxylic acids is 1. The molecule has 2 saturated carbocycles. The fourth-order valence-corrected chi connectivity index (χ4v) is 4.77. The first-order chi connectivity index (χ1) is 9.93. The molecule has 3 fully saturated rings. The van der Waals surface area contributed by atoms with Crippen LogP contribution in [0.5, 0.6) is 0 Å². The van der Waals surface area contributed by atoms with Crippen molar-refractivity contribution in [3.63, 3.8) is 0 Å². The zero-order chi connectivity index (χ0) is 15.1. The molecule has 1 heterocycles. The van der Waals surface area contributed by atoms with Crippen LogP contribution in [-0.2, 0) is 9.53 Å². The van der Waals surface area contributed by atoms with E-state index in [0.717, 1.165) is 38.8 Å². The summed E-state index contributed by atoms with van der Waals surface area (Å²) in [7, 11) is 0. The zero-order valence-electron chi connectivity index (χ0n) is 13.8. The van der Waals surface area contributed by atoms with Gasteiger partial charge in [0.05, 0.1) is 13.2 Å². The van der Waals surface area contributed by atoms with E-state index in [9.17, 15) is 4.79 Å². The molecule has 1 aliphatic heterocycles. The van der Waals surface area contributed by atoms with Crippen LogP contribution in [0.3, 0.4) is 0 Å². The highest BCUT2D eigenvalue weighted by Crippen LogP contribution is 2.65. The molecule has 1 N–H and O–H groups in total. The van der Waals surface area contributed by atoms with Gasteiger partial charge >= 0.3 is 0 Å².